The molecule has 0 radical (unpaired) electrons. The maximum atomic E-state index is 12.4. The third-order valence-corrected chi connectivity index (χ3v) is 4.00. The minimum absolute atomic E-state index is 0.0280. The van der Waals surface area contributed by atoms with Crippen LogP contribution in [0.15, 0.2) is 47.4 Å². The van der Waals surface area contributed by atoms with Crippen LogP contribution < -0.4 is 10.5 Å². The highest BCUT2D eigenvalue weighted by atomic mass is 16.2. The third-order valence-electron chi connectivity index (χ3n) is 4.00. The molecule has 1 fully saturated rings. The highest BCUT2D eigenvalue weighted by Gasteiger charge is 2.22. The van der Waals surface area contributed by atoms with Gasteiger partial charge >= 0.3 is 0 Å². The van der Waals surface area contributed by atoms with Crippen LogP contribution in [-0.4, -0.2) is 42.0 Å². The van der Waals surface area contributed by atoms with E-state index in [-0.39, 0.29) is 11.5 Å². The van der Waals surface area contributed by atoms with Crippen molar-refractivity contribution in [3.05, 3.63) is 64.1 Å². The third kappa shape index (κ3) is 3.03. The van der Waals surface area contributed by atoms with Gasteiger partial charge in [-0.25, -0.2) is 0 Å². The Balaban J connectivity index is 1.64. The number of carbonyl (C=O) groups excluding carboxylic acids is 1. The van der Waals surface area contributed by atoms with Gasteiger partial charge in [-0.05, 0) is 25.1 Å². The largest absolute Gasteiger partial charge is 0.368 e. The van der Waals surface area contributed by atoms with E-state index in [2.05, 4.69) is 41.1 Å². The van der Waals surface area contributed by atoms with Crippen molar-refractivity contribution in [2.24, 2.45) is 0 Å². The predicted octanol–water partition coefficient (Wildman–Crippen LogP) is 1.65. The van der Waals surface area contributed by atoms with Crippen molar-refractivity contribution in [3.8, 4) is 0 Å². The summed E-state index contributed by atoms with van der Waals surface area (Å²) in [6.45, 7) is 5.08. The van der Waals surface area contributed by atoms with Gasteiger partial charge in [-0.2, -0.15) is 0 Å². The topological polar surface area (TPSA) is 56.4 Å². The molecule has 22 heavy (non-hydrogen) atoms. The number of rotatable bonds is 2. The Morgan fingerprint density at radius 2 is 1.68 bits per heavy atom. The minimum Gasteiger partial charge on any atom is -0.368 e. The number of aryl methyl sites for hydroxylation is 1. The van der Waals surface area contributed by atoms with Gasteiger partial charge in [0.2, 0.25) is 5.56 Å². The first-order valence-electron chi connectivity index (χ1n) is 7.43. The lowest BCUT2D eigenvalue weighted by Gasteiger charge is -2.36. The van der Waals surface area contributed by atoms with E-state index in [0.29, 0.717) is 18.7 Å². The molecule has 2 aromatic rings. The van der Waals surface area contributed by atoms with E-state index in [4.69, 9.17) is 0 Å². The van der Waals surface area contributed by atoms with Crippen molar-refractivity contribution < 1.29 is 4.79 Å². The first-order chi connectivity index (χ1) is 10.6. The van der Waals surface area contributed by atoms with E-state index in [1.165, 1.54) is 23.5 Å². The summed E-state index contributed by atoms with van der Waals surface area (Å²) in [5.41, 5.74) is 2.78. The molecule has 1 aliphatic rings. The Kier molecular flexibility index (Phi) is 3.96. The summed E-state index contributed by atoms with van der Waals surface area (Å²) >= 11 is 0. The van der Waals surface area contributed by atoms with Crippen LogP contribution in [0.3, 0.4) is 0 Å². The van der Waals surface area contributed by atoms with E-state index < -0.39 is 0 Å². The van der Waals surface area contributed by atoms with Crippen LogP contribution in [0.25, 0.3) is 0 Å². The predicted molar refractivity (Wildman–Crippen MR) is 86.4 cm³/mol. The molecule has 0 saturated carbocycles. The molecule has 1 amide bonds. The van der Waals surface area contributed by atoms with Gasteiger partial charge in [0, 0.05) is 44.1 Å². The summed E-state index contributed by atoms with van der Waals surface area (Å²) in [7, 11) is 0. The smallest absolute Gasteiger partial charge is 0.255 e. The summed E-state index contributed by atoms with van der Waals surface area (Å²) in [6.07, 6.45) is 1.48. The van der Waals surface area contributed by atoms with Crippen LogP contribution >= 0.6 is 0 Å². The fraction of sp³-hybridized carbons (Fsp3) is 0.294. The standard InChI is InChI=1S/C17H19N3O2/c1-13-2-5-15(6-3-13)19-8-10-20(11-9-19)17(22)14-4-7-16(21)18-12-14/h2-7,12H,8-11H2,1H3,(H,18,21). The molecule has 1 aromatic heterocycles. The van der Waals surface area contributed by atoms with Crippen molar-refractivity contribution in [1.29, 1.82) is 0 Å². The number of nitrogens with zero attached hydrogens (tertiary/aromatic N) is 2. The zero-order chi connectivity index (χ0) is 15.5. The van der Waals surface area contributed by atoms with Crippen molar-refractivity contribution >= 4 is 11.6 Å². The average Bonchev–Trinajstić information content (AvgIpc) is 2.56. The highest BCUT2D eigenvalue weighted by molar-refractivity contribution is 5.94. The van der Waals surface area contributed by atoms with E-state index in [1.54, 1.807) is 6.07 Å². The zero-order valence-corrected chi connectivity index (χ0v) is 12.6. The van der Waals surface area contributed by atoms with Gasteiger partial charge in [0.15, 0.2) is 0 Å². The number of anilines is 1. The van der Waals surface area contributed by atoms with Crippen LogP contribution in [0.2, 0.25) is 0 Å². The van der Waals surface area contributed by atoms with Gasteiger partial charge in [0.05, 0.1) is 5.56 Å². The van der Waals surface area contributed by atoms with Gasteiger partial charge in [-0.15, -0.1) is 0 Å². The molecule has 1 aromatic carbocycles. The average molecular weight is 297 g/mol. The molecule has 0 aliphatic carbocycles. The monoisotopic (exact) mass is 297 g/mol. The van der Waals surface area contributed by atoms with Crippen molar-refractivity contribution in [1.82, 2.24) is 9.88 Å². The number of H-pyrrole nitrogens is 1. The molecule has 5 heteroatoms. The number of nitrogens with one attached hydrogen (secondary N) is 1. The Labute approximate surface area is 129 Å². The first-order valence-corrected chi connectivity index (χ1v) is 7.43. The molecule has 2 heterocycles. The van der Waals surface area contributed by atoms with Gasteiger partial charge < -0.3 is 14.8 Å². The molecule has 0 spiro atoms. The minimum atomic E-state index is -0.194. The van der Waals surface area contributed by atoms with Crippen LogP contribution in [0.1, 0.15) is 15.9 Å². The number of benzene rings is 1. The van der Waals surface area contributed by atoms with Crippen LogP contribution in [0.5, 0.6) is 0 Å². The van der Waals surface area contributed by atoms with Gasteiger partial charge in [-0.3, -0.25) is 9.59 Å². The van der Waals surface area contributed by atoms with Crippen LogP contribution in [-0.2, 0) is 0 Å². The normalized spacial score (nSPS) is 15.0. The van der Waals surface area contributed by atoms with Crippen molar-refractivity contribution in [3.63, 3.8) is 0 Å². The number of aromatic amines is 1. The summed E-state index contributed by atoms with van der Waals surface area (Å²) < 4.78 is 0. The molecule has 0 atom stereocenters. The quantitative estimate of drug-likeness (QED) is 0.917. The Hall–Kier alpha value is -2.56. The van der Waals surface area contributed by atoms with Crippen LogP contribution in [0.4, 0.5) is 5.69 Å². The van der Waals surface area contributed by atoms with Gasteiger partial charge in [0.1, 0.15) is 0 Å². The molecule has 0 unspecified atom stereocenters. The second-order valence-electron chi connectivity index (χ2n) is 5.56. The number of hydrogen-bond donors (Lipinski definition) is 1. The summed E-state index contributed by atoms with van der Waals surface area (Å²) in [5.74, 6) is -0.0280. The summed E-state index contributed by atoms with van der Waals surface area (Å²) in [4.78, 5) is 30.1. The fourth-order valence-electron chi connectivity index (χ4n) is 2.65. The van der Waals surface area contributed by atoms with E-state index >= 15 is 0 Å². The second-order valence-corrected chi connectivity index (χ2v) is 5.56. The molecule has 5 nitrogen and oxygen atoms in total. The Morgan fingerprint density at radius 3 is 2.27 bits per heavy atom. The van der Waals surface area contributed by atoms with Crippen LogP contribution in [0, 0.1) is 6.92 Å². The summed E-state index contributed by atoms with van der Waals surface area (Å²) in [5, 5.41) is 0. The second kappa shape index (κ2) is 6.05. The molecule has 3 rings (SSSR count). The molecule has 1 N–H and O–H groups in total. The zero-order valence-electron chi connectivity index (χ0n) is 12.6. The maximum absolute atomic E-state index is 12.4. The molecule has 114 valence electrons. The first kappa shape index (κ1) is 14.4. The number of hydrogen-bond acceptors (Lipinski definition) is 3. The lowest BCUT2D eigenvalue weighted by Crippen LogP contribution is -2.48. The SMILES string of the molecule is Cc1ccc(N2CCN(C(=O)c3ccc(=O)[nH]c3)CC2)cc1. The molecule has 1 aliphatic heterocycles. The maximum Gasteiger partial charge on any atom is 0.255 e. The lowest BCUT2D eigenvalue weighted by molar-refractivity contribution is 0.0746. The number of pyridine rings is 1. The number of aromatic nitrogens is 1. The molecule has 0 bridgehead atoms. The molecular formula is C17H19N3O2. The van der Waals surface area contributed by atoms with E-state index in [1.807, 2.05) is 4.90 Å². The fourth-order valence-corrected chi connectivity index (χ4v) is 2.65. The van der Waals surface area contributed by atoms with E-state index in [9.17, 15) is 9.59 Å². The Morgan fingerprint density at radius 1 is 1.00 bits per heavy atom. The Bertz CT molecular complexity index is 693. The van der Waals surface area contributed by atoms with Gasteiger partial charge in [-0.1, -0.05) is 17.7 Å². The molecular weight excluding hydrogens is 278 g/mol. The molecule has 1 saturated heterocycles. The van der Waals surface area contributed by atoms with Crippen molar-refractivity contribution in [2.75, 3.05) is 31.1 Å². The van der Waals surface area contributed by atoms with Crippen molar-refractivity contribution in [2.45, 2.75) is 6.92 Å². The summed E-state index contributed by atoms with van der Waals surface area (Å²) in [6, 6.07) is 11.4. The number of amides is 1. The van der Waals surface area contributed by atoms with E-state index in [0.717, 1.165) is 13.1 Å². The van der Waals surface area contributed by atoms with Gasteiger partial charge in [0.25, 0.3) is 5.91 Å². The number of piperazine rings is 1. The highest BCUT2D eigenvalue weighted by Crippen LogP contribution is 2.17. The number of carbonyl (C=O) groups is 1. The lowest BCUT2D eigenvalue weighted by atomic mass is 10.2.